The molecular weight excluding hydrogens is 360 g/mol. The molecule has 0 unspecified atom stereocenters. The summed E-state index contributed by atoms with van der Waals surface area (Å²) in [4.78, 5) is 36.6. The van der Waals surface area contributed by atoms with Gasteiger partial charge in [-0.2, -0.15) is 0 Å². The van der Waals surface area contributed by atoms with Crippen LogP contribution in [0.4, 0.5) is 11.4 Å². The number of nitrogens with zero attached hydrogens (tertiary/aromatic N) is 3. The minimum Gasteiger partial charge on any atom is -0.325 e. The van der Waals surface area contributed by atoms with Gasteiger partial charge in [0.2, 0.25) is 5.91 Å². The molecule has 0 bridgehead atoms. The maximum Gasteiger partial charge on any atom is 0.285 e. The number of aromatic nitrogens is 1. The van der Waals surface area contributed by atoms with Gasteiger partial charge in [-0.1, -0.05) is 19.1 Å². The van der Waals surface area contributed by atoms with Gasteiger partial charge in [0.1, 0.15) is 6.54 Å². The van der Waals surface area contributed by atoms with Crippen molar-refractivity contribution in [2.75, 3.05) is 18.4 Å². The average molecular weight is 384 g/mol. The molecule has 148 valence electrons. The summed E-state index contributed by atoms with van der Waals surface area (Å²) in [5.41, 5.74) is 1.11. The lowest BCUT2D eigenvalue weighted by atomic mass is 9.99. The van der Waals surface area contributed by atoms with E-state index in [1.54, 1.807) is 0 Å². The molecule has 0 aliphatic carbocycles. The number of rotatable bonds is 6. The van der Waals surface area contributed by atoms with Crippen LogP contribution in [0.1, 0.15) is 25.3 Å². The van der Waals surface area contributed by atoms with Crippen LogP contribution >= 0.6 is 0 Å². The second-order valence-electron chi connectivity index (χ2n) is 7.31. The molecule has 1 saturated heterocycles. The van der Waals surface area contributed by atoms with E-state index in [0.717, 1.165) is 48.4 Å². The largest absolute Gasteiger partial charge is 0.325 e. The molecule has 2 heterocycles. The van der Waals surface area contributed by atoms with Crippen molar-refractivity contribution in [3.63, 3.8) is 0 Å². The molecule has 8 nitrogen and oxygen atoms in total. The number of nitro groups is 1. The van der Waals surface area contributed by atoms with Crippen molar-refractivity contribution in [1.29, 1.82) is 0 Å². The maximum atomic E-state index is 12.2. The van der Waals surface area contributed by atoms with Gasteiger partial charge in [-0.15, -0.1) is 0 Å². The smallest absolute Gasteiger partial charge is 0.285 e. The summed E-state index contributed by atoms with van der Waals surface area (Å²) in [5.74, 6) is 0.382. The zero-order valence-corrected chi connectivity index (χ0v) is 15.8. The number of anilines is 1. The fraction of sp³-hybridized carbons (Fsp3) is 0.400. The molecule has 1 fully saturated rings. The number of piperidine rings is 1. The molecule has 1 N–H and O–H groups in total. The van der Waals surface area contributed by atoms with E-state index in [2.05, 4.69) is 17.1 Å². The molecule has 1 aliphatic heterocycles. The van der Waals surface area contributed by atoms with Crippen LogP contribution in [0, 0.1) is 16.0 Å². The van der Waals surface area contributed by atoms with Crippen LogP contribution in [-0.4, -0.2) is 33.4 Å². The molecule has 0 radical (unpaired) electrons. The van der Waals surface area contributed by atoms with E-state index in [9.17, 15) is 19.7 Å². The lowest BCUT2D eigenvalue weighted by molar-refractivity contribution is -0.385. The second kappa shape index (κ2) is 8.79. The van der Waals surface area contributed by atoms with Crippen LogP contribution in [-0.2, 0) is 17.9 Å². The molecule has 0 saturated carbocycles. The Morgan fingerprint density at radius 2 is 1.86 bits per heavy atom. The molecule has 8 heteroatoms. The van der Waals surface area contributed by atoms with Gasteiger partial charge in [-0.05, 0) is 49.5 Å². The highest BCUT2D eigenvalue weighted by atomic mass is 16.6. The first-order valence-corrected chi connectivity index (χ1v) is 9.37. The molecule has 2 aromatic rings. The van der Waals surface area contributed by atoms with Crippen molar-refractivity contribution < 1.29 is 9.72 Å². The summed E-state index contributed by atoms with van der Waals surface area (Å²) in [6.07, 6.45) is 3.53. The van der Waals surface area contributed by atoms with E-state index < -0.39 is 16.4 Å². The fourth-order valence-corrected chi connectivity index (χ4v) is 3.28. The van der Waals surface area contributed by atoms with Gasteiger partial charge in [-0.3, -0.25) is 29.2 Å². The van der Waals surface area contributed by atoms with Crippen LogP contribution in [0.15, 0.2) is 47.4 Å². The van der Waals surface area contributed by atoms with E-state index in [-0.39, 0.29) is 12.2 Å². The Labute approximate surface area is 162 Å². The van der Waals surface area contributed by atoms with Gasteiger partial charge in [-0.25, -0.2) is 0 Å². The third-order valence-corrected chi connectivity index (χ3v) is 5.01. The Kier molecular flexibility index (Phi) is 6.20. The average Bonchev–Trinajstić information content (AvgIpc) is 2.67. The Morgan fingerprint density at radius 3 is 2.50 bits per heavy atom. The first-order chi connectivity index (χ1) is 13.4. The number of hydrogen-bond donors (Lipinski definition) is 1. The number of nitrogens with one attached hydrogen (secondary N) is 1. The van der Waals surface area contributed by atoms with E-state index in [1.165, 1.54) is 18.4 Å². The highest BCUT2D eigenvalue weighted by Gasteiger charge is 2.15. The van der Waals surface area contributed by atoms with Gasteiger partial charge in [0, 0.05) is 24.4 Å². The predicted octanol–water partition coefficient (Wildman–Crippen LogP) is 2.63. The molecule has 1 aromatic heterocycles. The molecule has 28 heavy (non-hydrogen) atoms. The Bertz CT molecular complexity index is 899. The third kappa shape index (κ3) is 5.26. The fourth-order valence-electron chi connectivity index (χ4n) is 3.28. The van der Waals surface area contributed by atoms with Gasteiger partial charge < -0.3 is 5.32 Å². The summed E-state index contributed by atoms with van der Waals surface area (Å²) >= 11 is 0. The maximum absolute atomic E-state index is 12.2. The third-order valence-electron chi connectivity index (χ3n) is 5.01. The molecule has 1 aromatic carbocycles. The number of hydrogen-bond acceptors (Lipinski definition) is 5. The van der Waals surface area contributed by atoms with Gasteiger partial charge in [0.15, 0.2) is 0 Å². The van der Waals surface area contributed by atoms with E-state index in [1.807, 2.05) is 24.3 Å². The van der Waals surface area contributed by atoms with Gasteiger partial charge >= 0.3 is 0 Å². The lowest BCUT2D eigenvalue weighted by Gasteiger charge is -2.30. The zero-order valence-electron chi connectivity index (χ0n) is 15.8. The SMILES string of the molecule is CC1CCN(Cc2ccc(NC(=O)Cn3cc([N+](=O)[O-])ccc3=O)cc2)CC1. The Morgan fingerprint density at radius 1 is 1.18 bits per heavy atom. The summed E-state index contributed by atoms with van der Waals surface area (Å²) in [6, 6.07) is 9.83. The zero-order chi connectivity index (χ0) is 20.1. The second-order valence-corrected chi connectivity index (χ2v) is 7.31. The van der Waals surface area contributed by atoms with Crippen LogP contribution in [0.5, 0.6) is 0 Å². The van der Waals surface area contributed by atoms with E-state index in [4.69, 9.17) is 0 Å². The summed E-state index contributed by atoms with van der Waals surface area (Å²) in [5, 5.41) is 13.5. The lowest BCUT2D eigenvalue weighted by Crippen LogP contribution is -2.32. The molecule has 1 aliphatic rings. The Hall–Kier alpha value is -3.00. The first kappa shape index (κ1) is 19.8. The summed E-state index contributed by atoms with van der Waals surface area (Å²) in [7, 11) is 0. The molecule has 3 rings (SSSR count). The van der Waals surface area contributed by atoms with Crippen LogP contribution < -0.4 is 10.9 Å². The number of carbonyl (C=O) groups excluding carboxylic acids is 1. The standard InChI is InChI=1S/C20H24N4O4/c1-15-8-10-22(11-9-15)12-16-2-4-17(5-3-16)21-19(25)14-23-13-18(24(27)28)6-7-20(23)26/h2-7,13,15H,8-12,14H2,1H3,(H,21,25). The summed E-state index contributed by atoms with van der Waals surface area (Å²) < 4.78 is 1.03. The number of carbonyl (C=O) groups is 1. The molecular formula is C20H24N4O4. The summed E-state index contributed by atoms with van der Waals surface area (Å²) in [6.45, 7) is 5.12. The monoisotopic (exact) mass is 384 g/mol. The quantitative estimate of drug-likeness (QED) is 0.610. The molecule has 1 amide bonds. The highest BCUT2D eigenvalue weighted by Crippen LogP contribution is 2.19. The first-order valence-electron chi connectivity index (χ1n) is 9.37. The van der Waals surface area contributed by atoms with Crippen molar-refractivity contribution in [2.45, 2.75) is 32.9 Å². The van der Waals surface area contributed by atoms with E-state index in [0.29, 0.717) is 5.69 Å². The highest BCUT2D eigenvalue weighted by molar-refractivity contribution is 5.90. The minimum absolute atomic E-state index is 0.233. The van der Waals surface area contributed by atoms with Crippen molar-refractivity contribution in [1.82, 2.24) is 9.47 Å². The number of likely N-dealkylation sites (tertiary alicyclic amines) is 1. The van der Waals surface area contributed by atoms with Crippen molar-refractivity contribution in [3.8, 4) is 0 Å². The minimum atomic E-state index is -0.602. The number of benzene rings is 1. The van der Waals surface area contributed by atoms with Crippen molar-refractivity contribution in [2.24, 2.45) is 5.92 Å². The van der Waals surface area contributed by atoms with Crippen molar-refractivity contribution in [3.05, 3.63) is 68.6 Å². The van der Waals surface area contributed by atoms with Gasteiger partial charge in [0.05, 0.1) is 11.1 Å². The normalized spacial score (nSPS) is 15.3. The predicted molar refractivity (Wildman–Crippen MR) is 106 cm³/mol. The van der Waals surface area contributed by atoms with Crippen LogP contribution in [0.3, 0.4) is 0 Å². The van der Waals surface area contributed by atoms with Crippen molar-refractivity contribution >= 4 is 17.3 Å². The topological polar surface area (TPSA) is 97.5 Å². The van der Waals surface area contributed by atoms with Crippen LogP contribution in [0.2, 0.25) is 0 Å². The number of amides is 1. The number of pyridine rings is 1. The Balaban J connectivity index is 1.57. The van der Waals surface area contributed by atoms with Gasteiger partial charge in [0.25, 0.3) is 11.2 Å². The van der Waals surface area contributed by atoms with Crippen LogP contribution in [0.25, 0.3) is 0 Å². The molecule has 0 spiro atoms. The van der Waals surface area contributed by atoms with E-state index >= 15 is 0 Å². The molecule has 0 atom stereocenters.